The van der Waals surface area contributed by atoms with E-state index in [9.17, 15) is 14.4 Å². The van der Waals surface area contributed by atoms with Gasteiger partial charge in [0.15, 0.2) is 0 Å². The summed E-state index contributed by atoms with van der Waals surface area (Å²) in [5.41, 5.74) is 0.431. The molecule has 0 radical (unpaired) electrons. The number of fused-ring (bicyclic) bond motifs is 2. The number of benzene rings is 1. The number of amides is 4. The molecule has 0 bridgehead atoms. The predicted molar refractivity (Wildman–Crippen MR) is 116 cm³/mol. The Hall–Kier alpha value is -2.67. The molecule has 1 spiro atoms. The summed E-state index contributed by atoms with van der Waals surface area (Å²) >= 11 is 1.62. The second-order valence-corrected chi connectivity index (χ2v) is 9.97. The Morgan fingerprint density at radius 3 is 2.63 bits per heavy atom. The van der Waals surface area contributed by atoms with Crippen LogP contribution in [0.1, 0.15) is 49.6 Å². The van der Waals surface area contributed by atoms with E-state index in [0.717, 1.165) is 33.7 Å². The molecule has 0 unspecified atom stereocenters. The lowest BCUT2D eigenvalue weighted by atomic mass is 9.80. The number of carbonyl (C=O) groups excluding carboxylic acids is 3. The summed E-state index contributed by atoms with van der Waals surface area (Å²) in [5, 5.41) is 4.88. The van der Waals surface area contributed by atoms with Gasteiger partial charge in [-0.05, 0) is 57.0 Å². The molecule has 0 saturated carbocycles. The van der Waals surface area contributed by atoms with Gasteiger partial charge in [0.1, 0.15) is 12.1 Å². The van der Waals surface area contributed by atoms with Gasteiger partial charge in [0, 0.05) is 22.5 Å². The van der Waals surface area contributed by atoms with Crippen LogP contribution in [0, 0.1) is 0 Å². The Labute approximate surface area is 180 Å². The zero-order valence-corrected chi connectivity index (χ0v) is 18.4. The van der Waals surface area contributed by atoms with Gasteiger partial charge in [-0.1, -0.05) is 30.3 Å². The van der Waals surface area contributed by atoms with Crippen LogP contribution < -0.4 is 5.32 Å². The highest BCUT2D eigenvalue weighted by Gasteiger charge is 2.55. The third-order valence-corrected chi connectivity index (χ3v) is 6.90. The van der Waals surface area contributed by atoms with Gasteiger partial charge >= 0.3 is 6.03 Å². The van der Waals surface area contributed by atoms with Crippen molar-refractivity contribution in [2.45, 2.75) is 57.7 Å². The van der Waals surface area contributed by atoms with Crippen molar-refractivity contribution < 1.29 is 14.4 Å². The fraction of sp³-hybridized carbons (Fsp3) is 0.435. The number of urea groups is 1. The number of carbonyl (C=O) groups is 3. The van der Waals surface area contributed by atoms with Crippen LogP contribution in [0.2, 0.25) is 0 Å². The van der Waals surface area contributed by atoms with Crippen LogP contribution in [-0.2, 0) is 28.1 Å². The standard InChI is InChI=1S/C23H27N3O3S/c1-22(2,3)26(14-16-8-5-4-6-9-16)19(27)15-25-20(28)23(24-21(25)29)12-7-10-18-17(23)11-13-30-18/h4-6,8-9,11,13H,7,10,12,14-15H2,1-3H3,(H,24,29)/t23-/m1/s1. The average molecular weight is 426 g/mol. The maximum atomic E-state index is 13.4. The summed E-state index contributed by atoms with van der Waals surface area (Å²) in [6.07, 6.45) is 2.33. The summed E-state index contributed by atoms with van der Waals surface area (Å²) in [7, 11) is 0. The smallest absolute Gasteiger partial charge is 0.325 e. The number of aryl methyl sites for hydroxylation is 1. The molecule has 7 heteroatoms. The van der Waals surface area contributed by atoms with Crippen LogP contribution >= 0.6 is 11.3 Å². The highest BCUT2D eigenvalue weighted by molar-refractivity contribution is 7.10. The molecule has 158 valence electrons. The molecule has 1 aliphatic carbocycles. The number of nitrogens with one attached hydrogen (secondary N) is 1. The topological polar surface area (TPSA) is 69.7 Å². The van der Waals surface area contributed by atoms with Crippen LogP contribution in [0.5, 0.6) is 0 Å². The fourth-order valence-electron chi connectivity index (χ4n) is 4.37. The molecule has 1 aliphatic heterocycles. The zero-order chi connectivity index (χ0) is 21.5. The molecule has 1 saturated heterocycles. The van der Waals surface area contributed by atoms with E-state index in [4.69, 9.17) is 0 Å². The lowest BCUT2D eigenvalue weighted by Gasteiger charge is -2.37. The predicted octanol–water partition coefficient (Wildman–Crippen LogP) is 3.66. The lowest BCUT2D eigenvalue weighted by molar-refractivity contribution is -0.142. The minimum Gasteiger partial charge on any atom is -0.332 e. The fourth-order valence-corrected chi connectivity index (χ4v) is 5.37. The van der Waals surface area contributed by atoms with Crippen molar-refractivity contribution in [3.05, 3.63) is 57.8 Å². The van der Waals surface area contributed by atoms with Gasteiger partial charge < -0.3 is 10.2 Å². The van der Waals surface area contributed by atoms with E-state index in [1.807, 2.05) is 62.5 Å². The van der Waals surface area contributed by atoms with Crippen LogP contribution in [0.3, 0.4) is 0 Å². The van der Waals surface area contributed by atoms with Gasteiger partial charge in [0.25, 0.3) is 5.91 Å². The first-order valence-corrected chi connectivity index (χ1v) is 11.2. The molecule has 4 amide bonds. The summed E-state index contributed by atoms with van der Waals surface area (Å²) in [5.74, 6) is -0.554. The van der Waals surface area contributed by atoms with E-state index in [-0.39, 0.29) is 18.4 Å². The van der Waals surface area contributed by atoms with Crippen LogP contribution in [0.4, 0.5) is 4.79 Å². The monoisotopic (exact) mass is 425 g/mol. The molecule has 1 atom stereocenters. The minimum atomic E-state index is -1.02. The molecule has 1 N–H and O–H groups in total. The molecular formula is C23H27N3O3S. The van der Waals surface area contributed by atoms with Crippen LogP contribution in [0.25, 0.3) is 0 Å². The van der Waals surface area contributed by atoms with Crippen molar-refractivity contribution in [2.75, 3.05) is 6.54 Å². The summed E-state index contributed by atoms with van der Waals surface area (Å²) in [6, 6.07) is 11.2. The molecule has 1 aromatic heterocycles. The number of rotatable bonds is 4. The summed E-state index contributed by atoms with van der Waals surface area (Å²) in [6.45, 7) is 6.04. The van der Waals surface area contributed by atoms with Crippen molar-refractivity contribution in [1.82, 2.24) is 15.1 Å². The SMILES string of the molecule is CC(C)(C)N(Cc1ccccc1)C(=O)CN1C(=O)N[C@@]2(CCCc3sccc32)C1=O. The van der Waals surface area contributed by atoms with Gasteiger partial charge in [-0.15, -0.1) is 11.3 Å². The second kappa shape index (κ2) is 7.54. The Balaban J connectivity index is 1.57. The molecule has 2 aromatic rings. The van der Waals surface area contributed by atoms with Crippen molar-refractivity contribution in [2.24, 2.45) is 0 Å². The number of hydrogen-bond acceptors (Lipinski definition) is 4. The third kappa shape index (κ3) is 3.51. The van der Waals surface area contributed by atoms with Gasteiger partial charge in [0.05, 0.1) is 0 Å². The number of thiophene rings is 1. The Kier molecular flexibility index (Phi) is 5.18. The van der Waals surface area contributed by atoms with E-state index >= 15 is 0 Å². The van der Waals surface area contributed by atoms with E-state index in [1.54, 1.807) is 16.2 Å². The summed E-state index contributed by atoms with van der Waals surface area (Å²) < 4.78 is 0. The molecule has 6 nitrogen and oxygen atoms in total. The Morgan fingerprint density at radius 1 is 1.20 bits per heavy atom. The maximum Gasteiger partial charge on any atom is 0.325 e. The molecule has 2 heterocycles. The van der Waals surface area contributed by atoms with Gasteiger partial charge in [-0.25, -0.2) is 4.79 Å². The summed E-state index contributed by atoms with van der Waals surface area (Å²) in [4.78, 5) is 43.4. The van der Waals surface area contributed by atoms with E-state index in [0.29, 0.717) is 13.0 Å². The Morgan fingerprint density at radius 2 is 1.93 bits per heavy atom. The first-order valence-electron chi connectivity index (χ1n) is 10.3. The normalized spacial score (nSPS) is 21.0. The molecule has 1 aromatic carbocycles. The highest BCUT2D eigenvalue weighted by atomic mass is 32.1. The second-order valence-electron chi connectivity index (χ2n) is 8.97. The van der Waals surface area contributed by atoms with E-state index in [2.05, 4.69) is 5.32 Å². The average Bonchev–Trinajstić information content (AvgIpc) is 3.27. The first kappa shape index (κ1) is 20.6. The molecule has 4 rings (SSSR count). The van der Waals surface area contributed by atoms with Crippen LogP contribution in [0.15, 0.2) is 41.8 Å². The van der Waals surface area contributed by atoms with Gasteiger partial charge in [-0.2, -0.15) is 0 Å². The van der Waals surface area contributed by atoms with E-state index < -0.39 is 17.1 Å². The number of hydrogen-bond donors (Lipinski definition) is 1. The van der Waals surface area contributed by atoms with Crippen molar-refractivity contribution in [3.8, 4) is 0 Å². The van der Waals surface area contributed by atoms with Crippen molar-refractivity contribution in [3.63, 3.8) is 0 Å². The quantitative estimate of drug-likeness (QED) is 0.760. The molecule has 1 fully saturated rings. The van der Waals surface area contributed by atoms with Crippen molar-refractivity contribution in [1.29, 1.82) is 0 Å². The molecule has 30 heavy (non-hydrogen) atoms. The first-order chi connectivity index (χ1) is 14.2. The highest BCUT2D eigenvalue weighted by Crippen LogP contribution is 2.42. The number of imide groups is 1. The van der Waals surface area contributed by atoms with Gasteiger partial charge in [-0.3, -0.25) is 14.5 Å². The molecule has 2 aliphatic rings. The maximum absolute atomic E-state index is 13.4. The number of nitrogens with zero attached hydrogens (tertiary/aromatic N) is 2. The third-order valence-electron chi connectivity index (χ3n) is 5.92. The minimum absolute atomic E-state index is 0.242. The zero-order valence-electron chi connectivity index (χ0n) is 17.6. The van der Waals surface area contributed by atoms with E-state index in [1.165, 1.54) is 0 Å². The van der Waals surface area contributed by atoms with Crippen LogP contribution in [-0.4, -0.2) is 39.7 Å². The molecular weight excluding hydrogens is 398 g/mol. The van der Waals surface area contributed by atoms with Crippen molar-refractivity contribution >= 4 is 29.2 Å². The van der Waals surface area contributed by atoms with Gasteiger partial charge in [0.2, 0.25) is 5.91 Å². The lowest BCUT2D eigenvalue weighted by Crippen LogP contribution is -2.51. The Bertz CT molecular complexity index is 979. The largest absolute Gasteiger partial charge is 0.332 e.